The molecule has 0 radical (unpaired) electrons. The molecule has 0 N–H and O–H groups in total. The van der Waals surface area contributed by atoms with Crippen LogP contribution in [0.1, 0.15) is 34.1 Å². The first-order valence-electron chi connectivity index (χ1n) is 5.71. The van der Waals surface area contributed by atoms with E-state index in [9.17, 15) is 4.79 Å². The molecule has 0 saturated heterocycles. The first-order chi connectivity index (χ1) is 7.15. The first kappa shape index (κ1) is 14.2. The predicted octanol–water partition coefficient (Wildman–Crippen LogP) is 2.23. The Bertz CT molecular complexity index is 208. The van der Waals surface area contributed by atoms with Gasteiger partial charge in [-0.2, -0.15) is 0 Å². The Morgan fingerprint density at radius 3 is 2.33 bits per heavy atom. The molecule has 0 saturated carbocycles. The molecule has 0 aliphatic carbocycles. The molecule has 0 atom stereocenters. The Balaban J connectivity index is 3.89. The van der Waals surface area contributed by atoms with E-state index < -0.39 is 0 Å². The first-order valence-corrected chi connectivity index (χ1v) is 5.71. The number of hydrogen-bond donors (Lipinski definition) is 0. The van der Waals surface area contributed by atoms with Crippen LogP contribution in [0.25, 0.3) is 0 Å². The summed E-state index contributed by atoms with van der Waals surface area (Å²) in [7, 11) is 0. The number of esters is 1. The lowest BCUT2D eigenvalue weighted by molar-refractivity contribution is -0.138. The van der Waals surface area contributed by atoms with Gasteiger partial charge in [-0.15, -0.1) is 0 Å². The third kappa shape index (κ3) is 6.28. The van der Waals surface area contributed by atoms with Gasteiger partial charge in [0.05, 0.1) is 6.61 Å². The second kappa shape index (κ2) is 8.48. The fraction of sp³-hybridized carbons (Fsp3) is 0.750. The van der Waals surface area contributed by atoms with Gasteiger partial charge in [0.25, 0.3) is 0 Å². The number of nitrogens with zero attached hydrogens (tertiary/aromatic N) is 1. The van der Waals surface area contributed by atoms with Crippen LogP contribution in [-0.2, 0) is 9.53 Å². The van der Waals surface area contributed by atoms with Crippen molar-refractivity contribution in [1.82, 2.24) is 4.90 Å². The van der Waals surface area contributed by atoms with Crippen LogP contribution in [0.2, 0.25) is 0 Å². The highest BCUT2D eigenvalue weighted by Crippen LogP contribution is 2.00. The van der Waals surface area contributed by atoms with Gasteiger partial charge in [-0.1, -0.05) is 19.9 Å². The largest absolute Gasteiger partial charge is 0.463 e. The average molecular weight is 213 g/mol. The topological polar surface area (TPSA) is 29.5 Å². The summed E-state index contributed by atoms with van der Waals surface area (Å²) < 4.78 is 4.89. The molecule has 0 rings (SSSR count). The van der Waals surface area contributed by atoms with E-state index in [1.807, 2.05) is 13.0 Å². The molecule has 0 aliphatic heterocycles. The van der Waals surface area contributed by atoms with Crippen LogP contribution < -0.4 is 0 Å². The quantitative estimate of drug-likeness (QED) is 0.480. The van der Waals surface area contributed by atoms with E-state index in [1.54, 1.807) is 6.92 Å². The zero-order chi connectivity index (χ0) is 11.7. The van der Waals surface area contributed by atoms with Gasteiger partial charge >= 0.3 is 5.97 Å². The minimum atomic E-state index is -0.197. The molecule has 0 aromatic heterocycles. The smallest absolute Gasteiger partial charge is 0.333 e. The molecule has 0 aromatic rings. The second-order valence-electron chi connectivity index (χ2n) is 3.42. The Kier molecular flexibility index (Phi) is 8.01. The molecule has 3 nitrogen and oxygen atoms in total. The summed E-state index contributed by atoms with van der Waals surface area (Å²) in [5, 5.41) is 0. The summed E-state index contributed by atoms with van der Waals surface area (Å²) in [6, 6.07) is 0. The van der Waals surface area contributed by atoms with Crippen LogP contribution in [0.5, 0.6) is 0 Å². The molecular weight excluding hydrogens is 190 g/mol. The Hall–Kier alpha value is -0.830. The van der Waals surface area contributed by atoms with Crippen molar-refractivity contribution in [3.05, 3.63) is 11.6 Å². The van der Waals surface area contributed by atoms with Crippen LogP contribution in [-0.4, -0.2) is 37.1 Å². The second-order valence-corrected chi connectivity index (χ2v) is 3.42. The molecule has 88 valence electrons. The van der Waals surface area contributed by atoms with Gasteiger partial charge in [-0.3, -0.25) is 0 Å². The van der Waals surface area contributed by atoms with Gasteiger partial charge in [0.15, 0.2) is 0 Å². The Morgan fingerprint density at radius 1 is 1.27 bits per heavy atom. The molecule has 0 bridgehead atoms. The molecule has 0 heterocycles. The molecule has 15 heavy (non-hydrogen) atoms. The van der Waals surface area contributed by atoms with Gasteiger partial charge in [0, 0.05) is 12.1 Å². The van der Waals surface area contributed by atoms with Gasteiger partial charge < -0.3 is 9.64 Å². The summed E-state index contributed by atoms with van der Waals surface area (Å²) in [5.41, 5.74) is 0.712. The van der Waals surface area contributed by atoms with Crippen molar-refractivity contribution in [2.24, 2.45) is 0 Å². The molecular formula is C12H23NO2. The third-order valence-electron chi connectivity index (χ3n) is 2.39. The van der Waals surface area contributed by atoms with Crippen molar-refractivity contribution in [2.45, 2.75) is 34.1 Å². The van der Waals surface area contributed by atoms with Gasteiger partial charge in [-0.25, -0.2) is 4.79 Å². The highest BCUT2D eigenvalue weighted by molar-refractivity contribution is 5.87. The molecule has 0 amide bonds. The number of ether oxygens (including phenoxy) is 1. The summed E-state index contributed by atoms with van der Waals surface area (Å²) >= 11 is 0. The van der Waals surface area contributed by atoms with E-state index in [0.29, 0.717) is 12.2 Å². The van der Waals surface area contributed by atoms with E-state index in [1.165, 1.54) is 0 Å². The monoisotopic (exact) mass is 213 g/mol. The highest BCUT2D eigenvalue weighted by atomic mass is 16.5. The minimum Gasteiger partial charge on any atom is -0.463 e. The summed E-state index contributed by atoms with van der Waals surface area (Å²) in [6.45, 7) is 11.5. The summed E-state index contributed by atoms with van der Waals surface area (Å²) in [5.74, 6) is -0.197. The molecule has 0 aromatic carbocycles. The van der Waals surface area contributed by atoms with Crippen molar-refractivity contribution in [3.63, 3.8) is 0 Å². The average Bonchev–Trinajstić information content (AvgIpc) is 2.24. The zero-order valence-corrected chi connectivity index (χ0v) is 10.4. The fourth-order valence-electron chi connectivity index (χ4n) is 1.33. The maximum absolute atomic E-state index is 11.3. The summed E-state index contributed by atoms with van der Waals surface area (Å²) in [4.78, 5) is 13.6. The molecule has 0 spiro atoms. The molecule has 3 heteroatoms. The van der Waals surface area contributed by atoms with Gasteiger partial charge in [0.1, 0.15) is 0 Å². The third-order valence-corrected chi connectivity index (χ3v) is 2.39. The van der Waals surface area contributed by atoms with Crippen molar-refractivity contribution >= 4 is 5.97 Å². The van der Waals surface area contributed by atoms with E-state index in [-0.39, 0.29) is 5.97 Å². The fourth-order valence-corrected chi connectivity index (χ4v) is 1.33. The molecule has 0 fully saturated rings. The van der Waals surface area contributed by atoms with E-state index in [0.717, 1.165) is 26.1 Å². The lowest BCUT2D eigenvalue weighted by Gasteiger charge is -2.16. The number of hydrogen-bond acceptors (Lipinski definition) is 3. The van der Waals surface area contributed by atoms with Crippen LogP contribution in [0, 0.1) is 0 Å². The molecule has 0 unspecified atom stereocenters. The minimum absolute atomic E-state index is 0.197. The normalized spacial score (nSPS) is 11.9. The number of carbonyl (C=O) groups is 1. The maximum Gasteiger partial charge on any atom is 0.333 e. The van der Waals surface area contributed by atoms with Crippen LogP contribution >= 0.6 is 0 Å². The van der Waals surface area contributed by atoms with Crippen molar-refractivity contribution in [2.75, 3.05) is 26.2 Å². The number of carbonyl (C=O) groups excluding carboxylic acids is 1. The standard InChI is InChI=1S/C12H23NO2/c1-5-13(6-2)10-8-9-11(4)12(14)15-7-3/h9H,5-8,10H2,1-4H3. The Labute approximate surface area is 93.1 Å². The van der Waals surface area contributed by atoms with Gasteiger partial charge in [0.2, 0.25) is 0 Å². The molecule has 0 aliphatic rings. The van der Waals surface area contributed by atoms with Crippen LogP contribution in [0.4, 0.5) is 0 Å². The maximum atomic E-state index is 11.3. The predicted molar refractivity (Wildman–Crippen MR) is 62.8 cm³/mol. The van der Waals surface area contributed by atoms with E-state index >= 15 is 0 Å². The lowest BCUT2D eigenvalue weighted by Crippen LogP contribution is -2.23. The van der Waals surface area contributed by atoms with Crippen molar-refractivity contribution in [1.29, 1.82) is 0 Å². The van der Waals surface area contributed by atoms with Gasteiger partial charge in [-0.05, 0) is 33.4 Å². The van der Waals surface area contributed by atoms with Crippen LogP contribution in [0.3, 0.4) is 0 Å². The SMILES string of the molecule is CCOC(=O)C(C)=CCCN(CC)CC. The number of rotatable bonds is 7. The summed E-state index contributed by atoms with van der Waals surface area (Å²) in [6.07, 6.45) is 2.86. The van der Waals surface area contributed by atoms with Crippen molar-refractivity contribution < 1.29 is 9.53 Å². The lowest BCUT2D eigenvalue weighted by atomic mass is 10.2. The Morgan fingerprint density at radius 2 is 1.87 bits per heavy atom. The zero-order valence-electron chi connectivity index (χ0n) is 10.4. The van der Waals surface area contributed by atoms with E-state index in [4.69, 9.17) is 4.74 Å². The van der Waals surface area contributed by atoms with Crippen molar-refractivity contribution in [3.8, 4) is 0 Å². The van der Waals surface area contributed by atoms with Crippen LogP contribution in [0.15, 0.2) is 11.6 Å². The van der Waals surface area contributed by atoms with E-state index in [2.05, 4.69) is 18.7 Å². The highest BCUT2D eigenvalue weighted by Gasteiger charge is 2.03.